The maximum absolute atomic E-state index is 10.3. The summed E-state index contributed by atoms with van der Waals surface area (Å²) in [6.07, 6.45) is 0. The molecular formula is C11H11NO4. The number of nitrogens with zero attached hydrogens (tertiary/aromatic N) is 1. The molecule has 0 unspecified atom stereocenters. The van der Waals surface area contributed by atoms with Crippen LogP contribution in [0.15, 0.2) is 29.3 Å². The smallest absolute Gasteiger partial charge is 0.341 e. The molecule has 84 valence electrons. The van der Waals surface area contributed by atoms with E-state index in [1.165, 1.54) is 0 Å². The second-order valence-electron chi connectivity index (χ2n) is 3.24. The molecule has 0 spiro atoms. The van der Waals surface area contributed by atoms with E-state index in [1.54, 1.807) is 24.3 Å². The Hall–Kier alpha value is -2.04. The summed E-state index contributed by atoms with van der Waals surface area (Å²) in [6.45, 7) is 0.968. The highest BCUT2D eigenvalue weighted by molar-refractivity contribution is 5.95. The van der Waals surface area contributed by atoms with Crippen molar-refractivity contribution in [3.8, 4) is 5.75 Å². The maximum Gasteiger partial charge on any atom is 0.341 e. The van der Waals surface area contributed by atoms with E-state index in [0.717, 1.165) is 5.56 Å². The van der Waals surface area contributed by atoms with Crippen LogP contribution in [0.3, 0.4) is 0 Å². The van der Waals surface area contributed by atoms with Crippen LogP contribution in [0.5, 0.6) is 5.75 Å². The molecule has 1 aromatic carbocycles. The first kappa shape index (κ1) is 10.5. The molecule has 0 saturated carbocycles. The molecule has 16 heavy (non-hydrogen) atoms. The van der Waals surface area contributed by atoms with Crippen LogP contribution in [-0.4, -0.2) is 36.7 Å². The summed E-state index contributed by atoms with van der Waals surface area (Å²) in [6, 6.07) is 6.98. The van der Waals surface area contributed by atoms with Crippen molar-refractivity contribution >= 4 is 11.9 Å². The number of hydrogen-bond acceptors (Lipinski definition) is 4. The van der Waals surface area contributed by atoms with E-state index in [-0.39, 0.29) is 6.61 Å². The topological polar surface area (TPSA) is 68.1 Å². The van der Waals surface area contributed by atoms with Gasteiger partial charge in [-0.2, -0.15) is 0 Å². The predicted molar refractivity (Wildman–Crippen MR) is 56.9 cm³/mol. The zero-order valence-corrected chi connectivity index (χ0v) is 8.55. The number of carboxylic acids is 1. The van der Waals surface area contributed by atoms with E-state index in [9.17, 15) is 4.79 Å². The molecule has 0 bridgehead atoms. The minimum Gasteiger partial charge on any atom is -0.482 e. The van der Waals surface area contributed by atoms with E-state index >= 15 is 0 Å². The molecule has 2 rings (SSSR count). The van der Waals surface area contributed by atoms with Gasteiger partial charge in [0.05, 0.1) is 6.54 Å². The number of hydrogen-bond donors (Lipinski definition) is 1. The van der Waals surface area contributed by atoms with Crippen LogP contribution in [0.2, 0.25) is 0 Å². The molecule has 0 radical (unpaired) electrons. The highest BCUT2D eigenvalue weighted by Crippen LogP contribution is 2.14. The van der Waals surface area contributed by atoms with Crippen LogP contribution < -0.4 is 4.74 Å². The summed E-state index contributed by atoms with van der Waals surface area (Å²) in [4.78, 5) is 14.5. The molecule has 5 heteroatoms. The third-order valence-electron chi connectivity index (χ3n) is 2.05. The van der Waals surface area contributed by atoms with E-state index in [1.807, 2.05) is 0 Å². The summed E-state index contributed by atoms with van der Waals surface area (Å²) in [7, 11) is 0. The molecule has 0 fully saturated rings. The van der Waals surface area contributed by atoms with Crippen molar-refractivity contribution in [1.29, 1.82) is 0 Å². The Morgan fingerprint density at radius 2 is 2.19 bits per heavy atom. The maximum atomic E-state index is 10.3. The fraction of sp³-hybridized carbons (Fsp3) is 0.273. The van der Waals surface area contributed by atoms with Gasteiger partial charge >= 0.3 is 5.97 Å². The molecule has 0 aromatic heterocycles. The van der Waals surface area contributed by atoms with Crippen molar-refractivity contribution < 1.29 is 19.4 Å². The number of carboxylic acid groups (broad SMARTS) is 1. The third-order valence-corrected chi connectivity index (χ3v) is 2.05. The van der Waals surface area contributed by atoms with Gasteiger partial charge in [0, 0.05) is 5.56 Å². The average Bonchev–Trinajstić information content (AvgIpc) is 2.80. The lowest BCUT2D eigenvalue weighted by Crippen LogP contribution is -2.09. The lowest BCUT2D eigenvalue weighted by Gasteiger charge is -2.04. The summed E-state index contributed by atoms with van der Waals surface area (Å²) in [5, 5.41) is 8.44. The fourth-order valence-electron chi connectivity index (χ4n) is 1.35. The summed E-state index contributed by atoms with van der Waals surface area (Å²) < 4.78 is 10.3. The summed E-state index contributed by atoms with van der Waals surface area (Å²) in [5.41, 5.74) is 0.875. The van der Waals surface area contributed by atoms with Crippen LogP contribution in [0.4, 0.5) is 0 Å². The van der Waals surface area contributed by atoms with Crippen molar-refractivity contribution in [2.24, 2.45) is 4.99 Å². The van der Waals surface area contributed by atoms with Crippen LogP contribution in [0.1, 0.15) is 5.56 Å². The first-order valence-corrected chi connectivity index (χ1v) is 4.88. The largest absolute Gasteiger partial charge is 0.482 e. The quantitative estimate of drug-likeness (QED) is 0.821. The summed E-state index contributed by atoms with van der Waals surface area (Å²) >= 11 is 0. The predicted octanol–water partition coefficient (Wildman–Crippen LogP) is 0.927. The molecule has 5 nitrogen and oxygen atoms in total. The summed E-state index contributed by atoms with van der Waals surface area (Å²) in [5.74, 6) is 0.155. The first-order valence-electron chi connectivity index (χ1n) is 4.88. The second-order valence-corrected chi connectivity index (χ2v) is 3.24. The molecule has 1 N–H and O–H groups in total. The zero-order valence-electron chi connectivity index (χ0n) is 8.55. The van der Waals surface area contributed by atoms with Gasteiger partial charge in [0.15, 0.2) is 6.61 Å². The SMILES string of the molecule is O=C(O)COc1ccc(C2=NCCO2)cc1. The number of aliphatic carboxylic acids is 1. The van der Waals surface area contributed by atoms with Crippen LogP contribution in [-0.2, 0) is 9.53 Å². The van der Waals surface area contributed by atoms with Crippen LogP contribution in [0, 0.1) is 0 Å². The lowest BCUT2D eigenvalue weighted by molar-refractivity contribution is -0.139. The Bertz CT molecular complexity index is 410. The Morgan fingerprint density at radius 3 is 2.75 bits per heavy atom. The van der Waals surface area contributed by atoms with Gasteiger partial charge in [0.2, 0.25) is 5.90 Å². The second kappa shape index (κ2) is 4.65. The first-order chi connectivity index (χ1) is 7.75. The molecule has 1 heterocycles. The Morgan fingerprint density at radius 1 is 1.44 bits per heavy atom. The molecule has 0 aliphatic carbocycles. The van der Waals surface area contributed by atoms with Gasteiger partial charge in [-0.15, -0.1) is 0 Å². The van der Waals surface area contributed by atoms with E-state index in [0.29, 0.717) is 24.8 Å². The molecule has 0 amide bonds. The normalized spacial score (nSPS) is 14.1. The van der Waals surface area contributed by atoms with Gasteiger partial charge in [-0.25, -0.2) is 9.79 Å². The van der Waals surface area contributed by atoms with Crippen LogP contribution >= 0.6 is 0 Å². The third kappa shape index (κ3) is 2.50. The highest BCUT2D eigenvalue weighted by atomic mass is 16.5. The van der Waals surface area contributed by atoms with Gasteiger partial charge in [0.25, 0.3) is 0 Å². The zero-order chi connectivity index (χ0) is 11.4. The Balaban J connectivity index is 2.01. The molecule has 1 aromatic rings. The van der Waals surface area contributed by atoms with Crippen molar-refractivity contribution in [3.05, 3.63) is 29.8 Å². The molecule has 1 aliphatic rings. The van der Waals surface area contributed by atoms with Gasteiger partial charge in [-0.3, -0.25) is 0 Å². The van der Waals surface area contributed by atoms with Crippen molar-refractivity contribution in [1.82, 2.24) is 0 Å². The van der Waals surface area contributed by atoms with Gasteiger partial charge in [0.1, 0.15) is 12.4 Å². The molecular weight excluding hydrogens is 210 g/mol. The number of benzene rings is 1. The Kier molecular flexibility index (Phi) is 3.05. The van der Waals surface area contributed by atoms with E-state index < -0.39 is 5.97 Å². The van der Waals surface area contributed by atoms with Gasteiger partial charge in [-0.05, 0) is 24.3 Å². The number of ether oxygens (including phenoxy) is 2. The Labute approximate surface area is 92.3 Å². The fourth-order valence-corrected chi connectivity index (χ4v) is 1.35. The van der Waals surface area contributed by atoms with Crippen LogP contribution in [0.25, 0.3) is 0 Å². The van der Waals surface area contributed by atoms with Gasteiger partial charge < -0.3 is 14.6 Å². The average molecular weight is 221 g/mol. The number of carbonyl (C=O) groups is 1. The minimum atomic E-state index is -0.993. The molecule has 0 atom stereocenters. The van der Waals surface area contributed by atoms with Gasteiger partial charge in [-0.1, -0.05) is 0 Å². The number of aliphatic imine (C=N–C) groups is 1. The lowest BCUT2D eigenvalue weighted by atomic mass is 10.2. The molecule has 0 saturated heterocycles. The monoisotopic (exact) mass is 221 g/mol. The van der Waals surface area contributed by atoms with E-state index in [4.69, 9.17) is 14.6 Å². The van der Waals surface area contributed by atoms with E-state index in [2.05, 4.69) is 4.99 Å². The minimum absolute atomic E-state index is 0.337. The number of rotatable bonds is 4. The van der Waals surface area contributed by atoms with Crippen molar-refractivity contribution in [2.75, 3.05) is 19.8 Å². The molecule has 1 aliphatic heterocycles. The standard InChI is InChI=1S/C11H11NO4/c13-10(14)7-16-9-3-1-8(2-4-9)11-12-5-6-15-11/h1-4H,5-7H2,(H,13,14). The van der Waals surface area contributed by atoms with Crippen molar-refractivity contribution in [2.45, 2.75) is 0 Å². The van der Waals surface area contributed by atoms with Crippen molar-refractivity contribution in [3.63, 3.8) is 0 Å². The highest BCUT2D eigenvalue weighted by Gasteiger charge is 2.09.